The van der Waals surface area contributed by atoms with Crippen molar-refractivity contribution < 1.29 is 8.78 Å². The molecule has 2 aliphatic carbocycles. The standard InChI is InChI=1S/C16H14F2N2S/c17-10-4-9(5-11(18)6-10)12-2-1-3-16(12)7-13(16)14-8-19-15(21)20-14/h2,4-6,8,13H,1,3,7H2,(H2,19,20,21)/t13-,16?/m0/s1. The lowest BCUT2D eigenvalue weighted by atomic mass is 9.89. The Kier molecular flexibility index (Phi) is 2.70. The van der Waals surface area contributed by atoms with Crippen LogP contribution in [0.2, 0.25) is 0 Å². The molecule has 108 valence electrons. The summed E-state index contributed by atoms with van der Waals surface area (Å²) in [5.74, 6) is -0.692. The number of rotatable bonds is 2. The maximum atomic E-state index is 13.5. The van der Waals surface area contributed by atoms with Crippen LogP contribution >= 0.6 is 12.2 Å². The summed E-state index contributed by atoms with van der Waals surface area (Å²) in [4.78, 5) is 6.16. The summed E-state index contributed by atoms with van der Waals surface area (Å²) < 4.78 is 27.6. The molecule has 0 saturated heterocycles. The molecule has 0 aliphatic heterocycles. The van der Waals surface area contributed by atoms with E-state index in [0.29, 0.717) is 16.3 Å². The number of H-pyrrole nitrogens is 2. The van der Waals surface area contributed by atoms with Gasteiger partial charge in [0.2, 0.25) is 0 Å². The summed E-state index contributed by atoms with van der Waals surface area (Å²) in [6, 6.07) is 3.77. The normalized spacial score (nSPS) is 27.1. The summed E-state index contributed by atoms with van der Waals surface area (Å²) in [6.07, 6.45) is 7.01. The van der Waals surface area contributed by atoms with E-state index in [0.717, 1.165) is 36.6 Å². The molecule has 2 N–H and O–H groups in total. The summed E-state index contributed by atoms with van der Waals surface area (Å²) >= 11 is 5.08. The zero-order chi connectivity index (χ0) is 14.6. The molecule has 1 aromatic heterocycles. The third-order valence-electron chi connectivity index (χ3n) is 4.72. The zero-order valence-electron chi connectivity index (χ0n) is 11.2. The molecule has 1 aromatic carbocycles. The Balaban J connectivity index is 1.72. The second-order valence-corrected chi connectivity index (χ2v) is 6.33. The first-order chi connectivity index (χ1) is 10.1. The Morgan fingerprint density at radius 2 is 1.95 bits per heavy atom. The molecule has 2 nitrogen and oxygen atoms in total. The molecule has 21 heavy (non-hydrogen) atoms. The summed E-state index contributed by atoms with van der Waals surface area (Å²) in [6.45, 7) is 0. The minimum Gasteiger partial charge on any atom is -0.337 e. The van der Waals surface area contributed by atoms with Crippen molar-refractivity contribution in [2.75, 3.05) is 0 Å². The average Bonchev–Trinajstić information content (AvgIpc) is 2.77. The summed E-state index contributed by atoms with van der Waals surface area (Å²) in [7, 11) is 0. The highest BCUT2D eigenvalue weighted by Crippen LogP contribution is 2.70. The quantitative estimate of drug-likeness (QED) is 0.774. The predicted octanol–water partition coefficient (Wildman–Crippen LogP) is 4.70. The van der Waals surface area contributed by atoms with Crippen LogP contribution < -0.4 is 0 Å². The number of aromatic nitrogens is 2. The number of imidazole rings is 1. The second kappa shape index (κ2) is 4.37. The first-order valence-corrected chi connectivity index (χ1v) is 7.44. The van der Waals surface area contributed by atoms with Crippen LogP contribution in [0.25, 0.3) is 5.57 Å². The summed E-state index contributed by atoms with van der Waals surface area (Å²) in [5, 5.41) is 0. The molecule has 4 rings (SSSR count). The van der Waals surface area contributed by atoms with E-state index in [-0.39, 0.29) is 5.41 Å². The molecular weight excluding hydrogens is 290 g/mol. The van der Waals surface area contributed by atoms with E-state index in [1.165, 1.54) is 12.1 Å². The van der Waals surface area contributed by atoms with Gasteiger partial charge in [-0.3, -0.25) is 0 Å². The van der Waals surface area contributed by atoms with Crippen molar-refractivity contribution in [1.82, 2.24) is 9.97 Å². The van der Waals surface area contributed by atoms with E-state index in [1.54, 1.807) is 0 Å². The Hall–Kier alpha value is -1.75. The molecule has 1 spiro atoms. The SMILES string of the molecule is Fc1cc(F)cc(C2=CCCC23C[C@H]3c2c[nH]c(=S)[nH]2)c1. The van der Waals surface area contributed by atoms with Crippen molar-refractivity contribution >= 4 is 17.8 Å². The number of benzene rings is 1. The van der Waals surface area contributed by atoms with E-state index in [1.807, 2.05) is 6.20 Å². The highest BCUT2D eigenvalue weighted by atomic mass is 32.1. The van der Waals surface area contributed by atoms with Gasteiger partial charge in [-0.15, -0.1) is 0 Å². The Labute approximate surface area is 125 Å². The molecule has 2 aromatic rings. The van der Waals surface area contributed by atoms with Gasteiger partial charge < -0.3 is 9.97 Å². The van der Waals surface area contributed by atoms with Crippen molar-refractivity contribution in [2.45, 2.75) is 25.2 Å². The van der Waals surface area contributed by atoms with Gasteiger partial charge in [0.25, 0.3) is 0 Å². The van der Waals surface area contributed by atoms with E-state index in [9.17, 15) is 8.78 Å². The predicted molar refractivity (Wildman–Crippen MR) is 79.3 cm³/mol. The second-order valence-electron chi connectivity index (χ2n) is 5.93. The molecule has 0 bridgehead atoms. The Morgan fingerprint density at radius 1 is 1.19 bits per heavy atom. The van der Waals surface area contributed by atoms with Crippen LogP contribution in [0.15, 0.2) is 30.5 Å². The van der Waals surface area contributed by atoms with Crippen molar-refractivity contribution in [3.8, 4) is 0 Å². The van der Waals surface area contributed by atoms with Crippen LogP contribution in [0.4, 0.5) is 8.78 Å². The Bertz CT molecular complexity index is 784. The van der Waals surface area contributed by atoms with Crippen molar-refractivity contribution in [3.63, 3.8) is 0 Å². The molecule has 0 radical (unpaired) electrons. The van der Waals surface area contributed by atoms with Gasteiger partial charge in [0.15, 0.2) is 4.77 Å². The lowest BCUT2D eigenvalue weighted by Gasteiger charge is -2.15. The lowest BCUT2D eigenvalue weighted by molar-refractivity contribution is 0.579. The number of aromatic amines is 2. The monoisotopic (exact) mass is 304 g/mol. The van der Waals surface area contributed by atoms with Gasteiger partial charge in [-0.2, -0.15) is 0 Å². The van der Waals surface area contributed by atoms with Gasteiger partial charge in [-0.05, 0) is 54.7 Å². The van der Waals surface area contributed by atoms with Crippen molar-refractivity contribution in [1.29, 1.82) is 0 Å². The van der Waals surface area contributed by atoms with Gasteiger partial charge in [-0.25, -0.2) is 8.78 Å². The van der Waals surface area contributed by atoms with Crippen LogP contribution in [0.1, 0.15) is 36.4 Å². The van der Waals surface area contributed by atoms with E-state index in [2.05, 4.69) is 16.0 Å². The third-order valence-corrected chi connectivity index (χ3v) is 4.94. The van der Waals surface area contributed by atoms with Crippen LogP contribution in [0.5, 0.6) is 0 Å². The molecule has 1 fully saturated rings. The molecule has 1 unspecified atom stereocenters. The van der Waals surface area contributed by atoms with Crippen LogP contribution in [0.3, 0.4) is 0 Å². The van der Waals surface area contributed by atoms with E-state index in [4.69, 9.17) is 12.2 Å². The first kappa shape index (κ1) is 13.0. The zero-order valence-corrected chi connectivity index (χ0v) is 12.1. The van der Waals surface area contributed by atoms with Gasteiger partial charge in [0.05, 0.1) is 0 Å². The molecular formula is C16H14F2N2S. The third kappa shape index (κ3) is 1.99. The van der Waals surface area contributed by atoms with Gasteiger partial charge in [-0.1, -0.05) is 6.08 Å². The van der Waals surface area contributed by atoms with Gasteiger partial charge in [0, 0.05) is 29.3 Å². The fourth-order valence-electron chi connectivity index (χ4n) is 3.75. The average molecular weight is 304 g/mol. The summed E-state index contributed by atoms with van der Waals surface area (Å²) in [5.41, 5.74) is 2.85. The highest BCUT2D eigenvalue weighted by Gasteiger charge is 2.59. The molecule has 1 heterocycles. The largest absolute Gasteiger partial charge is 0.337 e. The topological polar surface area (TPSA) is 31.6 Å². The number of hydrogen-bond acceptors (Lipinski definition) is 1. The fourth-order valence-corrected chi connectivity index (χ4v) is 3.92. The number of nitrogens with one attached hydrogen (secondary N) is 2. The van der Waals surface area contributed by atoms with Crippen LogP contribution in [-0.2, 0) is 0 Å². The molecule has 2 atom stereocenters. The van der Waals surface area contributed by atoms with Crippen molar-refractivity contribution in [2.24, 2.45) is 5.41 Å². The number of halogens is 2. The van der Waals surface area contributed by atoms with Gasteiger partial charge >= 0.3 is 0 Å². The minimum absolute atomic E-state index is 0.0146. The minimum atomic E-state index is -0.522. The smallest absolute Gasteiger partial charge is 0.174 e. The van der Waals surface area contributed by atoms with Crippen molar-refractivity contribution in [3.05, 3.63) is 58.1 Å². The van der Waals surface area contributed by atoms with Gasteiger partial charge in [0.1, 0.15) is 11.6 Å². The number of hydrogen-bond donors (Lipinski definition) is 2. The van der Waals surface area contributed by atoms with E-state index >= 15 is 0 Å². The lowest BCUT2D eigenvalue weighted by Crippen LogP contribution is -2.03. The van der Waals surface area contributed by atoms with E-state index < -0.39 is 11.6 Å². The maximum absolute atomic E-state index is 13.5. The fraction of sp³-hybridized carbons (Fsp3) is 0.312. The number of allylic oxidation sites excluding steroid dienone is 2. The molecule has 1 saturated carbocycles. The van der Waals surface area contributed by atoms with Crippen LogP contribution in [-0.4, -0.2) is 9.97 Å². The first-order valence-electron chi connectivity index (χ1n) is 7.03. The maximum Gasteiger partial charge on any atom is 0.174 e. The molecule has 5 heteroatoms. The molecule has 2 aliphatic rings. The molecule has 0 amide bonds. The Morgan fingerprint density at radius 3 is 2.62 bits per heavy atom. The van der Waals surface area contributed by atoms with Crippen LogP contribution in [0, 0.1) is 21.8 Å². The highest BCUT2D eigenvalue weighted by molar-refractivity contribution is 7.71.